The Hall–Kier alpha value is -1.15. The van der Waals surface area contributed by atoms with Gasteiger partial charge in [0.15, 0.2) is 9.84 Å². The van der Waals surface area contributed by atoms with Gasteiger partial charge in [0.1, 0.15) is 0 Å². The molecule has 1 fully saturated rings. The second kappa shape index (κ2) is 6.74. The van der Waals surface area contributed by atoms with Crippen LogP contribution in [0, 0.1) is 5.92 Å². The van der Waals surface area contributed by atoms with Crippen molar-refractivity contribution < 1.29 is 23.1 Å². The van der Waals surface area contributed by atoms with E-state index in [4.69, 9.17) is 5.11 Å². The number of nitrogens with zero attached hydrogens (tertiary/aromatic N) is 1. The number of likely N-dealkylation sites (N-methyl/N-ethyl adjacent to an activating group) is 1. The van der Waals surface area contributed by atoms with Gasteiger partial charge in [-0.05, 0) is 19.9 Å². The zero-order valence-corrected chi connectivity index (χ0v) is 13.6. The second-order valence-corrected chi connectivity index (χ2v) is 8.20. The van der Waals surface area contributed by atoms with Crippen molar-refractivity contribution in [3.8, 4) is 0 Å². The lowest BCUT2D eigenvalue weighted by Crippen LogP contribution is -2.50. The van der Waals surface area contributed by atoms with E-state index in [9.17, 15) is 18.0 Å². The second-order valence-electron chi connectivity index (χ2n) is 6.02. The minimum Gasteiger partial charge on any atom is -0.481 e. The van der Waals surface area contributed by atoms with Crippen LogP contribution in [-0.4, -0.2) is 67.0 Å². The number of carbonyl (C=O) groups excluding carboxylic acids is 1. The molecule has 2 N–H and O–H groups in total. The van der Waals surface area contributed by atoms with Gasteiger partial charge in [0.2, 0.25) is 5.91 Å². The van der Waals surface area contributed by atoms with Gasteiger partial charge >= 0.3 is 5.97 Å². The van der Waals surface area contributed by atoms with Crippen LogP contribution in [0.25, 0.3) is 0 Å². The van der Waals surface area contributed by atoms with E-state index in [-0.39, 0.29) is 30.5 Å². The van der Waals surface area contributed by atoms with Crippen molar-refractivity contribution in [3.05, 3.63) is 0 Å². The van der Waals surface area contributed by atoms with E-state index in [0.29, 0.717) is 13.0 Å². The maximum atomic E-state index is 12.0. The van der Waals surface area contributed by atoms with Crippen molar-refractivity contribution in [1.82, 2.24) is 10.2 Å². The predicted molar refractivity (Wildman–Crippen MR) is 78.7 cm³/mol. The molecule has 1 heterocycles. The summed E-state index contributed by atoms with van der Waals surface area (Å²) < 4.78 is 23.0. The van der Waals surface area contributed by atoms with Crippen molar-refractivity contribution in [2.45, 2.75) is 32.7 Å². The standard InChI is InChI=1S/C13H24N2O5S/c1-4-15(7-10(2)12(17)18)8-11(16)14-13(3)5-6-21(19,20)9-13/h10H,4-9H2,1-3H3,(H,14,16)(H,17,18). The van der Waals surface area contributed by atoms with Gasteiger partial charge in [0.25, 0.3) is 0 Å². The minimum absolute atomic E-state index is 0.0383. The SMILES string of the molecule is CCN(CC(=O)NC1(C)CCS(=O)(=O)C1)CC(C)C(=O)O. The summed E-state index contributed by atoms with van der Waals surface area (Å²) in [4.78, 5) is 24.6. The average molecular weight is 320 g/mol. The Bertz CT molecular complexity index is 505. The van der Waals surface area contributed by atoms with Gasteiger partial charge in [-0.2, -0.15) is 0 Å². The van der Waals surface area contributed by atoms with Crippen LogP contribution in [0.3, 0.4) is 0 Å². The van der Waals surface area contributed by atoms with Crippen LogP contribution in [0.4, 0.5) is 0 Å². The Kier molecular flexibility index (Phi) is 5.75. The van der Waals surface area contributed by atoms with E-state index >= 15 is 0 Å². The lowest BCUT2D eigenvalue weighted by atomic mass is 10.0. The van der Waals surface area contributed by atoms with Crippen LogP contribution in [0.5, 0.6) is 0 Å². The number of nitrogens with one attached hydrogen (secondary N) is 1. The normalized spacial score (nSPS) is 25.7. The molecule has 122 valence electrons. The molecule has 2 atom stereocenters. The third-order valence-corrected chi connectivity index (χ3v) is 5.62. The van der Waals surface area contributed by atoms with Gasteiger partial charge in [-0.15, -0.1) is 0 Å². The van der Waals surface area contributed by atoms with Gasteiger partial charge in [0.05, 0.1) is 29.5 Å². The highest BCUT2D eigenvalue weighted by atomic mass is 32.2. The smallest absolute Gasteiger partial charge is 0.307 e. The van der Waals surface area contributed by atoms with Crippen molar-refractivity contribution in [3.63, 3.8) is 0 Å². The number of carboxylic acid groups (broad SMARTS) is 1. The van der Waals surface area contributed by atoms with E-state index in [1.807, 2.05) is 6.92 Å². The molecule has 0 radical (unpaired) electrons. The zero-order valence-electron chi connectivity index (χ0n) is 12.8. The molecule has 21 heavy (non-hydrogen) atoms. The molecule has 8 heteroatoms. The number of carboxylic acids is 1. The van der Waals surface area contributed by atoms with Crippen molar-refractivity contribution in [2.24, 2.45) is 5.92 Å². The maximum Gasteiger partial charge on any atom is 0.307 e. The van der Waals surface area contributed by atoms with Crippen LogP contribution in [-0.2, 0) is 19.4 Å². The van der Waals surface area contributed by atoms with Crippen LogP contribution < -0.4 is 5.32 Å². The van der Waals surface area contributed by atoms with Crippen LogP contribution in [0.2, 0.25) is 0 Å². The number of sulfone groups is 1. The summed E-state index contributed by atoms with van der Waals surface area (Å²) in [6.07, 6.45) is 0.415. The first-order valence-electron chi connectivity index (χ1n) is 7.03. The first-order chi connectivity index (χ1) is 9.57. The fourth-order valence-electron chi connectivity index (χ4n) is 2.46. The molecule has 1 saturated heterocycles. The third kappa shape index (κ3) is 5.62. The molecule has 1 rings (SSSR count). The molecule has 0 aromatic heterocycles. The number of hydrogen-bond acceptors (Lipinski definition) is 5. The molecule has 1 aliphatic heterocycles. The summed E-state index contributed by atoms with van der Waals surface area (Å²) in [6, 6.07) is 0. The Morgan fingerprint density at radius 3 is 2.48 bits per heavy atom. The minimum atomic E-state index is -3.07. The number of hydrogen-bond donors (Lipinski definition) is 2. The molecule has 0 bridgehead atoms. The summed E-state index contributed by atoms with van der Waals surface area (Å²) in [5.74, 6) is -1.67. The molecule has 1 aliphatic rings. The number of aliphatic carboxylic acids is 1. The van der Waals surface area contributed by atoms with Gasteiger partial charge < -0.3 is 10.4 Å². The van der Waals surface area contributed by atoms with Gasteiger partial charge in [0, 0.05) is 6.54 Å². The van der Waals surface area contributed by atoms with E-state index in [1.54, 1.807) is 18.7 Å². The topological polar surface area (TPSA) is 104 Å². The Morgan fingerprint density at radius 2 is 2.05 bits per heavy atom. The summed E-state index contributed by atoms with van der Waals surface area (Å²) in [7, 11) is -3.07. The highest BCUT2D eigenvalue weighted by Gasteiger charge is 2.39. The molecule has 1 amide bonds. The van der Waals surface area contributed by atoms with Gasteiger partial charge in [-0.25, -0.2) is 8.42 Å². The number of amides is 1. The molecule has 0 aromatic rings. The molecule has 0 spiro atoms. The van der Waals surface area contributed by atoms with Crippen molar-refractivity contribution in [1.29, 1.82) is 0 Å². The van der Waals surface area contributed by atoms with E-state index in [1.165, 1.54) is 0 Å². The van der Waals surface area contributed by atoms with Gasteiger partial charge in [-0.1, -0.05) is 13.8 Å². The number of carbonyl (C=O) groups is 2. The van der Waals surface area contributed by atoms with Gasteiger partial charge in [-0.3, -0.25) is 14.5 Å². The van der Waals surface area contributed by atoms with E-state index in [0.717, 1.165) is 0 Å². The zero-order chi connectivity index (χ0) is 16.3. The summed E-state index contributed by atoms with van der Waals surface area (Å²) in [6.45, 7) is 6.08. The monoisotopic (exact) mass is 320 g/mol. The summed E-state index contributed by atoms with van der Waals surface area (Å²) >= 11 is 0. The third-order valence-electron chi connectivity index (χ3n) is 3.71. The predicted octanol–water partition coefficient (Wildman–Crippen LogP) is -0.278. The van der Waals surface area contributed by atoms with Crippen LogP contribution in [0.15, 0.2) is 0 Å². The number of rotatable bonds is 7. The first-order valence-corrected chi connectivity index (χ1v) is 8.85. The summed E-state index contributed by atoms with van der Waals surface area (Å²) in [5.41, 5.74) is -0.715. The van der Waals surface area contributed by atoms with Crippen LogP contribution >= 0.6 is 0 Å². The Balaban J connectivity index is 2.54. The van der Waals surface area contributed by atoms with Crippen LogP contribution in [0.1, 0.15) is 27.2 Å². The fraction of sp³-hybridized carbons (Fsp3) is 0.846. The lowest BCUT2D eigenvalue weighted by Gasteiger charge is -2.27. The quantitative estimate of drug-likeness (QED) is 0.669. The van der Waals surface area contributed by atoms with Crippen molar-refractivity contribution >= 4 is 21.7 Å². The molecule has 0 aromatic carbocycles. The summed E-state index contributed by atoms with van der Waals surface area (Å²) in [5, 5.41) is 11.7. The van der Waals surface area contributed by atoms with E-state index < -0.39 is 27.3 Å². The highest BCUT2D eigenvalue weighted by molar-refractivity contribution is 7.91. The van der Waals surface area contributed by atoms with E-state index in [2.05, 4.69) is 5.32 Å². The Labute approximate surface area is 125 Å². The largest absolute Gasteiger partial charge is 0.481 e. The molecule has 0 aliphatic carbocycles. The molecule has 7 nitrogen and oxygen atoms in total. The average Bonchev–Trinajstić information content (AvgIpc) is 2.61. The fourth-order valence-corrected chi connectivity index (χ4v) is 4.55. The molecular formula is C13H24N2O5S. The highest BCUT2D eigenvalue weighted by Crippen LogP contribution is 2.22. The first kappa shape index (κ1) is 17.9. The molecular weight excluding hydrogens is 296 g/mol. The van der Waals surface area contributed by atoms with Crippen molar-refractivity contribution in [2.75, 3.05) is 31.1 Å². The lowest BCUT2D eigenvalue weighted by molar-refractivity contribution is -0.142. The Morgan fingerprint density at radius 1 is 1.43 bits per heavy atom. The molecule has 2 unspecified atom stereocenters. The maximum absolute atomic E-state index is 12.0. The molecule has 0 saturated carbocycles.